The van der Waals surface area contributed by atoms with Crippen LogP contribution in [0.5, 0.6) is 0 Å². The van der Waals surface area contributed by atoms with E-state index < -0.39 is 22.2 Å². The van der Waals surface area contributed by atoms with Gasteiger partial charge >= 0.3 is 6.09 Å². The minimum absolute atomic E-state index is 0.0352. The first-order valence-electron chi connectivity index (χ1n) is 8.88. The van der Waals surface area contributed by atoms with Gasteiger partial charge in [0, 0.05) is 12.6 Å². The molecule has 1 aromatic heterocycles. The summed E-state index contributed by atoms with van der Waals surface area (Å²) in [4.78, 5) is 14.0. The number of benzene rings is 1. The molecule has 1 amide bonds. The van der Waals surface area contributed by atoms with Crippen molar-refractivity contribution in [3.8, 4) is 0 Å². The van der Waals surface area contributed by atoms with Gasteiger partial charge in [0.1, 0.15) is 6.61 Å². The van der Waals surface area contributed by atoms with Crippen LogP contribution in [0.3, 0.4) is 0 Å². The van der Waals surface area contributed by atoms with Crippen molar-refractivity contribution in [3.63, 3.8) is 0 Å². The van der Waals surface area contributed by atoms with Crippen molar-refractivity contribution in [2.75, 3.05) is 12.3 Å². The number of amides is 1. The van der Waals surface area contributed by atoms with Crippen LogP contribution in [0.4, 0.5) is 4.79 Å². The molecule has 0 spiro atoms. The summed E-state index contributed by atoms with van der Waals surface area (Å²) in [6.45, 7) is 0.697. The number of hydrogen-bond donors (Lipinski definition) is 1. The highest BCUT2D eigenvalue weighted by molar-refractivity contribution is 7.89. The molecule has 146 valence electrons. The Morgan fingerprint density at radius 1 is 1.26 bits per heavy atom. The molecule has 9 heteroatoms. The topological polar surface area (TPSA) is 102 Å². The maximum Gasteiger partial charge on any atom is 0.410 e. The van der Waals surface area contributed by atoms with Crippen LogP contribution in [0.25, 0.3) is 0 Å². The van der Waals surface area contributed by atoms with Crippen molar-refractivity contribution in [1.29, 1.82) is 0 Å². The number of nitrogens with one attached hydrogen (secondary N) is 1. The number of likely N-dealkylation sites (tertiary alicyclic amines) is 1. The average molecular weight is 393 g/mol. The van der Waals surface area contributed by atoms with E-state index in [1.807, 2.05) is 30.3 Å². The Morgan fingerprint density at radius 2 is 2.07 bits per heavy atom. The number of aromatic nitrogens is 1. The van der Waals surface area contributed by atoms with Crippen molar-refractivity contribution in [2.24, 2.45) is 0 Å². The summed E-state index contributed by atoms with van der Waals surface area (Å²) >= 11 is 0. The summed E-state index contributed by atoms with van der Waals surface area (Å²) in [6, 6.07) is 10.6. The van der Waals surface area contributed by atoms with Crippen molar-refractivity contribution in [3.05, 3.63) is 53.9 Å². The average Bonchev–Trinajstić information content (AvgIpc) is 3.19. The number of nitrogens with zero attached hydrogens (tertiary/aromatic N) is 2. The molecule has 1 N–H and O–H groups in total. The van der Waals surface area contributed by atoms with E-state index in [1.165, 1.54) is 11.1 Å². The molecule has 0 radical (unpaired) electrons. The Kier molecular flexibility index (Phi) is 6.46. The van der Waals surface area contributed by atoms with Gasteiger partial charge in [-0.3, -0.25) is 0 Å². The van der Waals surface area contributed by atoms with Crippen LogP contribution >= 0.6 is 0 Å². The van der Waals surface area contributed by atoms with Gasteiger partial charge in [-0.2, -0.15) is 0 Å². The van der Waals surface area contributed by atoms with E-state index in [0.717, 1.165) is 18.4 Å². The fraction of sp³-hybridized carbons (Fsp3) is 0.444. The third-order valence-electron chi connectivity index (χ3n) is 4.44. The molecule has 1 aliphatic heterocycles. The van der Waals surface area contributed by atoms with Crippen LogP contribution in [0.2, 0.25) is 0 Å². The minimum Gasteiger partial charge on any atom is -0.445 e. The summed E-state index contributed by atoms with van der Waals surface area (Å²) in [5.41, 5.74) is 0.890. The van der Waals surface area contributed by atoms with E-state index in [9.17, 15) is 13.2 Å². The van der Waals surface area contributed by atoms with E-state index in [4.69, 9.17) is 9.26 Å². The zero-order chi connectivity index (χ0) is 19.1. The second-order valence-corrected chi connectivity index (χ2v) is 8.32. The van der Waals surface area contributed by atoms with Gasteiger partial charge in [0.25, 0.3) is 0 Å². The maximum absolute atomic E-state index is 12.5. The number of carbonyl (C=O) groups excluding carboxylic acids is 1. The molecular formula is C18H23N3O5S. The number of carbonyl (C=O) groups is 1. The Morgan fingerprint density at radius 3 is 2.81 bits per heavy atom. The summed E-state index contributed by atoms with van der Waals surface area (Å²) in [7, 11) is -3.58. The smallest absolute Gasteiger partial charge is 0.410 e. The predicted molar refractivity (Wildman–Crippen MR) is 98.1 cm³/mol. The lowest BCUT2D eigenvalue weighted by atomic mass is 10.0. The lowest BCUT2D eigenvalue weighted by Crippen LogP contribution is -2.48. The quantitative estimate of drug-likeness (QED) is 0.774. The van der Waals surface area contributed by atoms with Gasteiger partial charge in [-0.05, 0) is 24.8 Å². The lowest BCUT2D eigenvalue weighted by molar-refractivity contribution is 0.0727. The molecule has 3 rings (SSSR count). The molecule has 1 saturated heterocycles. The van der Waals surface area contributed by atoms with Crippen molar-refractivity contribution in [1.82, 2.24) is 14.8 Å². The molecule has 1 unspecified atom stereocenters. The molecule has 1 fully saturated rings. The van der Waals surface area contributed by atoms with Crippen LogP contribution < -0.4 is 4.72 Å². The minimum atomic E-state index is -3.58. The highest BCUT2D eigenvalue weighted by atomic mass is 32.2. The van der Waals surface area contributed by atoms with E-state index >= 15 is 0 Å². The first-order chi connectivity index (χ1) is 13.0. The number of rotatable bonds is 7. The normalized spacial score (nSPS) is 17.6. The molecule has 27 heavy (non-hydrogen) atoms. The fourth-order valence-corrected chi connectivity index (χ4v) is 4.38. The van der Waals surface area contributed by atoms with Crippen LogP contribution in [0, 0.1) is 0 Å². The fourth-order valence-electron chi connectivity index (χ4n) is 3.04. The van der Waals surface area contributed by atoms with Gasteiger partial charge in [-0.1, -0.05) is 35.5 Å². The standard InChI is InChI=1S/C18H23N3O5S/c22-18(25-13-15-6-2-1-3-7-15)21-11-5-4-8-16(21)14-27(23,24)20-12-17-9-10-19-26-17/h1-3,6-7,9-10,16,20H,4-5,8,11-14H2. The Hall–Kier alpha value is -2.39. The number of ether oxygens (including phenoxy) is 1. The summed E-state index contributed by atoms with van der Waals surface area (Å²) in [5.74, 6) is 0.267. The third-order valence-corrected chi connectivity index (χ3v) is 5.84. The van der Waals surface area contributed by atoms with Crippen LogP contribution in [-0.4, -0.2) is 42.9 Å². The summed E-state index contributed by atoms with van der Waals surface area (Å²) in [6.07, 6.45) is 3.32. The van der Waals surface area contributed by atoms with Gasteiger partial charge in [-0.15, -0.1) is 0 Å². The summed E-state index contributed by atoms with van der Waals surface area (Å²) < 4.78 is 37.5. The van der Waals surface area contributed by atoms with Crippen molar-refractivity contribution in [2.45, 2.75) is 38.5 Å². The first kappa shape index (κ1) is 19.4. The van der Waals surface area contributed by atoms with Crippen molar-refractivity contribution < 1.29 is 22.5 Å². The Balaban J connectivity index is 1.56. The number of hydrogen-bond acceptors (Lipinski definition) is 6. The number of piperidine rings is 1. The maximum atomic E-state index is 12.5. The molecule has 1 aromatic carbocycles. The molecule has 2 heterocycles. The Bertz CT molecular complexity index is 824. The van der Waals surface area contributed by atoms with Crippen LogP contribution in [0.1, 0.15) is 30.6 Å². The van der Waals surface area contributed by atoms with Gasteiger partial charge in [0.15, 0.2) is 5.76 Å². The van der Waals surface area contributed by atoms with Crippen LogP contribution in [-0.2, 0) is 27.9 Å². The molecule has 1 aliphatic rings. The van der Waals surface area contributed by atoms with E-state index in [1.54, 1.807) is 6.07 Å². The second-order valence-electron chi connectivity index (χ2n) is 6.46. The largest absolute Gasteiger partial charge is 0.445 e. The predicted octanol–water partition coefficient (Wildman–Crippen LogP) is 2.29. The zero-order valence-electron chi connectivity index (χ0n) is 14.9. The van der Waals surface area contributed by atoms with Gasteiger partial charge < -0.3 is 14.2 Å². The molecule has 0 saturated carbocycles. The SMILES string of the molecule is O=C(OCc1ccccc1)N1CCCCC1CS(=O)(=O)NCc1ccno1. The molecular weight excluding hydrogens is 370 g/mol. The molecule has 0 bridgehead atoms. The van der Waals surface area contributed by atoms with Gasteiger partial charge in [0.05, 0.1) is 24.5 Å². The number of sulfonamides is 1. The monoisotopic (exact) mass is 393 g/mol. The van der Waals surface area contributed by atoms with Gasteiger partial charge in [0.2, 0.25) is 10.0 Å². The van der Waals surface area contributed by atoms with E-state index in [2.05, 4.69) is 9.88 Å². The van der Waals surface area contributed by atoms with E-state index in [0.29, 0.717) is 18.7 Å². The molecule has 8 nitrogen and oxygen atoms in total. The highest BCUT2D eigenvalue weighted by Crippen LogP contribution is 2.20. The van der Waals surface area contributed by atoms with Gasteiger partial charge in [-0.25, -0.2) is 17.9 Å². The molecule has 0 aliphatic carbocycles. The van der Waals surface area contributed by atoms with E-state index in [-0.39, 0.29) is 18.9 Å². The highest BCUT2D eigenvalue weighted by Gasteiger charge is 2.31. The third kappa shape index (κ3) is 5.80. The summed E-state index contributed by atoms with van der Waals surface area (Å²) in [5, 5.41) is 3.54. The lowest BCUT2D eigenvalue weighted by Gasteiger charge is -2.34. The zero-order valence-corrected chi connectivity index (χ0v) is 15.7. The Labute approximate surface area is 158 Å². The second kappa shape index (κ2) is 9.01. The van der Waals surface area contributed by atoms with Crippen molar-refractivity contribution >= 4 is 16.1 Å². The van der Waals surface area contributed by atoms with Crippen LogP contribution in [0.15, 0.2) is 47.1 Å². The molecule has 1 atom stereocenters. The molecule has 2 aromatic rings. The first-order valence-corrected chi connectivity index (χ1v) is 10.5.